The van der Waals surface area contributed by atoms with Crippen molar-refractivity contribution in [3.8, 4) is 11.5 Å². The van der Waals surface area contributed by atoms with E-state index in [9.17, 15) is 13.2 Å². The van der Waals surface area contributed by atoms with Gasteiger partial charge in [-0.05, 0) is 49.6 Å². The fourth-order valence-corrected chi connectivity index (χ4v) is 4.48. The average Bonchev–Trinajstić information content (AvgIpc) is 3.26. The van der Waals surface area contributed by atoms with Gasteiger partial charge in [-0.3, -0.25) is 0 Å². The third-order valence-electron chi connectivity index (χ3n) is 3.76. The van der Waals surface area contributed by atoms with Gasteiger partial charge in [-0.25, -0.2) is 17.9 Å². The Hall–Kier alpha value is -2.85. The zero-order chi connectivity index (χ0) is 19.6. The molecule has 2 heterocycles. The van der Waals surface area contributed by atoms with E-state index in [1.807, 2.05) is 0 Å². The van der Waals surface area contributed by atoms with Crippen LogP contribution in [0.1, 0.15) is 20.9 Å². The Morgan fingerprint density at radius 2 is 1.81 bits per heavy atom. The lowest BCUT2D eigenvalue weighted by Gasteiger charge is -2.08. The molecule has 0 radical (unpaired) electrons. The first kappa shape index (κ1) is 18.9. The summed E-state index contributed by atoms with van der Waals surface area (Å²) in [5, 5.41) is 5.21. The number of aromatic nitrogens is 1. The first-order chi connectivity index (χ1) is 12.8. The Balaban J connectivity index is 1.83. The third kappa shape index (κ3) is 3.96. The maximum absolute atomic E-state index is 12.7. The standard InChI is InChI=1S/C17H16N2O6S2/c1-10-11(2)18-25-16(10)19-27(21,22)14-8-9-26-15(14)17(20)24-13-6-4-12(23-3)5-7-13/h4-9,19H,1-3H3. The van der Waals surface area contributed by atoms with Crippen molar-refractivity contribution in [1.29, 1.82) is 0 Å². The van der Waals surface area contributed by atoms with Crippen LogP contribution in [-0.4, -0.2) is 26.7 Å². The predicted molar refractivity (Wildman–Crippen MR) is 99.1 cm³/mol. The van der Waals surface area contributed by atoms with E-state index >= 15 is 0 Å². The topological polar surface area (TPSA) is 108 Å². The molecule has 0 amide bonds. The molecule has 27 heavy (non-hydrogen) atoms. The summed E-state index contributed by atoms with van der Waals surface area (Å²) >= 11 is 0.967. The number of ether oxygens (including phenoxy) is 2. The maximum atomic E-state index is 12.7. The van der Waals surface area contributed by atoms with Crippen molar-refractivity contribution in [2.45, 2.75) is 18.7 Å². The molecule has 0 aliphatic heterocycles. The van der Waals surface area contributed by atoms with Crippen LogP contribution in [0.5, 0.6) is 11.5 Å². The van der Waals surface area contributed by atoms with E-state index in [2.05, 4.69) is 9.88 Å². The molecule has 2 aromatic heterocycles. The number of nitrogens with zero attached hydrogens (tertiary/aromatic N) is 1. The summed E-state index contributed by atoms with van der Waals surface area (Å²) in [4.78, 5) is 12.2. The van der Waals surface area contributed by atoms with Crippen molar-refractivity contribution in [2.75, 3.05) is 11.8 Å². The van der Waals surface area contributed by atoms with E-state index in [0.717, 1.165) is 11.3 Å². The molecule has 0 atom stereocenters. The minimum atomic E-state index is -4.05. The Kier molecular flexibility index (Phi) is 5.19. The molecule has 0 aliphatic rings. The number of hydrogen-bond donors (Lipinski definition) is 1. The van der Waals surface area contributed by atoms with E-state index in [-0.39, 0.29) is 21.4 Å². The zero-order valence-electron chi connectivity index (χ0n) is 14.7. The van der Waals surface area contributed by atoms with Crippen molar-refractivity contribution in [3.05, 3.63) is 51.8 Å². The number of esters is 1. The summed E-state index contributed by atoms with van der Waals surface area (Å²) < 4.78 is 42.9. The highest BCUT2D eigenvalue weighted by atomic mass is 32.2. The second kappa shape index (κ2) is 7.41. The normalized spacial score (nSPS) is 11.2. The van der Waals surface area contributed by atoms with Gasteiger partial charge in [-0.15, -0.1) is 11.3 Å². The second-order valence-electron chi connectivity index (χ2n) is 5.51. The first-order valence-corrected chi connectivity index (χ1v) is 10.1. The van der Waals surface area contributed by atoms with Gasteiger partial charge in [0.1, 0.15) is 21.3 Å². The highest BCUT2D eigenvalue weighted by Crippen LogP contribution is 2.28. The van der Waals surface area contributed by atoms with Gasteiger partial charge in [0.15, 0.2) is 0 Å². The largest absolute Gasteiger partial charge is 0.497 e. The summed E-state index contributed by atoms with van der Waals surface area (Å²) in [6.45, 7) is 3.37. The van der Waals surface area contributed by atoms with Crippen molar-refractivity contribution < 1.29 is 27.2 Å². The molecule has 1 N–H and O–H groups in total. The molecule has 3 aromatic rings. The van der Waals surface area contributed by atoms with Gasteiger partial charge < -0.3 is 14.0 Å². The minimum absolute atomic E-state index is 0.00757. The van der Waals surface area contributed by atoms with Crippen molar-refractivity contribution >= 4 is 33.2 Å². The lowest BCUT2D eigenvalue weighted by atomic mass is 10.3. The first-order valence-electron chi connectivity index (χ1n) is 7.71. The van der Waals surface area contributed by atoms with Crippen molar-refractivity contribution in [2.24, 2.45) is 0 Å². The number of methoxy groups -OCH3 is 1. The number of thiophene rings is 1. The van der Waals surface area contributed by atoms with Gasteiger partial charge in [0.2, 0.25) is 5.88 Å². The molecule has 10 heteroatoms. The lowest BCUT2D eigenvalue weighted by Crippen LogP contribution is -2.17. The van der Waals surface area contributed by atoms with E-state index in [1.165, 1.54) is 18.6 Å². The third-order valence-corrected chi connectivity index (χ3v) is 6.16. The van der Waals surface area contributed by atoms with Crippen LogP contribution in [0.3, 0.4) is 0 Å². The molecule has 0 saturated carbocycles. The molecule has 0 saturated heterocycles. The average molecular weight is 408 g/mol. The smallest absolute Gasteiger partial charge is 0.355 e. The Labute approximate surface area is 159 Å². The Bertz CT molecular complexity index is 1070. The number of aryl methyl sites for hydroxylation is 1. The van der Waals surface area contributed by atoms with Crippen LogP contribution in [0.15, 0.2) is 45.1 Å². The Morgan fingerprint density at radius 1 is 1.15 bits per heavy atom. The molecule has 0 fully saturated rings. The van der Waals surface area contributed by atoms with E-state index in [0.29, 0.717) is 17.0 Å². The summed E-state index contributed by atoms with van der Waals surface area (Å²) in [5.41, 5.74) is 1.13. The number of sulfonamides is 1. The van der Waals surface area contributed by atoms with Crippen molar-refractivity contribution in [1.82, 2.24) is 5.16 Å². The molecule has 0 unspecified atom stereocenters. The minimum Gasteiger partial charge on any atom is -0.497 e. The fraction of sp³-hybridized carbons (Fsp3) is 0.176. The maximum Gasteiger partial charge on any atom is 0.355 e. The SMILES string of the molecule is COc1ccc(OC(=O)c2sccc2S(=O)(=O)Nc2onc(C)c2C)cc1. The molecule has 0 spiro atoms. The predicted octanol–water partition coefficient (Wildman–Crippen LogP) is 3.38. The fourth-order valence-electron chi connectivity index (χ4n) is 2.14. The Morgan fingerprint density at radius 3 is 2.41 bits per heavy atom. The number of hydrogen-bond acceptors (Lipinski definition) is 8. The van der Waals surface area contributed by atoms with Crippen LogP contribution in [-0.2, 0) is 10.0 Å². The van der Waals surface area contributed by atoms with Gasteiger partial charge in [-0.2, -0.15) is 0 Å². The molecule has 8 nitrogen and oxygen atoms in total. The quantitative estimate of drug-likeness (QED) is 0.492. The van der Waals surface area contributed by atoms with Crippen LogP contribution < -0.4 is 14.2 Å². The summed E-state index contributed by atoms with van der Waals surface area (Å²) in [5.74, 6) is 0.109. The summed E-state index contributed by atoms with van der Waals surface area (Å²) in [7, 11) is -2.53. The molecule has 3 rings (SSSR count). The summed E-state index contributed by atoms with van der Waals surface area (Å²) in [6, 6.07) is 7.70. The van der Waals surface area contributed by atoms with Gasteiger partial charge in [0.25, 0.3) is 10.0 Å². The van der Waals surface area contributed by atoms with Crippen LogP contribution in [0.4, 0.5) is 5.88 Å². The monoisotopic (exact) mass is 408 g/mol. The number of carbonyl (C=O) groups excluding carboxylic acids is 1. The molecule has 0 bridgehead atoms. The number of rotatable bonds is 6. The van der Waals surface area contributed by atoms with E-state index < -0.39 is 16.0 Å². The molecule has 142 valence electrons. The van der Waals surface area contributed by atoms with Gasteiger partial charge in [-0.1, -0.05) is 5.16 Å². The van der Waals surface area contributed by atoms with Gasteiger partial charge in [0.05, 0.1) is 12.8 Å². The number of benzene rings is 1. The van der Waals surface area contributed by atoms with Crippen molar-refractivity contribution in [3.63, 3.8) is 0 Å². The highest BCUT2D eigenvalue weighted by molar-refractivity contribution is 7.93. The highest BCUT2D eigenvalue weighted by Gasteiger charge is 2.27. The van der Waals surface area contributed by atoms with Crippen LogP contribution in [0, 0.1) is 13.8 Å². The van der Waals surface area contributed by atoms with E-state index in [1.54, 1.807) is 38.1 Å². The molecular weight excluding hydrogens is 392 g/mol. The number of anilines is 1. The van der Waals surface area contributed by atoms with Gasteiger partial charge >= 0.3 is 5.97 Å². The van der Waals surface area contributed by atoms with Crippen LogP contribution >= 0.6 is 11.3 Å². The summed E-state index contributed by atoms with van der Waals surface area (Å²) in [6.07, 6.45) is 0. The van der Waals surface area contributed by atoms with E-state index in [4.69, 9.17) is 14.0 Å². The second-order valence-corrected chi connectivity index (χ2v) is 8.07. The van der Waals surface area contributed by atoms with Crippen LogP contribution in [0.25, 0.3) is 0 Å². The lowest BCUT2D eigenvalue weighted by molar-refractivity contribution is 0.0736. The van der Waals surface area contributed by atoms with Crippen LogP contribution in [0.2, 0.25) is 0 Å². The molecule has 0 aliphatic carbocycles. The molecular formula is C17H16N2O6S2. The molecule has 1 aromatic carbocycles. The zero-order valence-corrected chi connectivity index (χ0v) is 16.3. The number of nitrogens with one attached hydrogen (secondary N) is 1. The number of carbonyl (C=O) groups is 1. The van der Waals surface area contributed by atoms with Gasteiger partial charge in [0, 0.05) is 5.56 Å².